The van der Waals surface area contributed by atoms with Crippen LogP contribution in [0.4, 0.5) is 0 Å². The normalized spacial score (nSPS) is 10.6. The Bertz CT molecular complexity index is 1190. The van der Waals surface area contributed by atoms with Crippen LogP contribution in [-0.4, -0.2) is 66.0 Å². The minimum Gasteiger partial charge on any atom is -0.493 e. The summed E-state index contributed by atoms with van der Waals surface area (Å²) in [5.74, 6) is 3.10. The van der Waals surface area contributed by atoms with Crippen molar-refractivity contribution in [3.8, 4) is 27.8 Å². The standard InChI is InChI=1S/C27H31N3O4S.2BrH.2H2O/c1-32-24-10-7-20(14-25(24)33-2)11-12-28-16-21(31)18-34-22-8-5-19(6-9-22)15-27-29-17-23(30-27)26-4-3-13-35-26;;;;/h3-10,13-14,17,21,28,31H,11-12,15-16,18H2,1-2H3,(H,29,30);2*1H;2*1H2/t21-;;;;/m0..../s1. The number of rotatable bonds is 13. The third-order valence-corrected chi connectivity index (χ3v) is 6.47. The molecule has 12 heteroatoms. The zero-order chi connectivity index (χ0) is 24.5. The number of benzene rings is 2. The summed E-state index contributed by atoms with van der Waals surface area (Å²) in [7, 11) is 3.25. The first-order chi connectivity index (χ1) is 17.1. The molecule has 216 valence electrons. The van der Waals surface area contributed by atoms with Crippen LogP contribution in [-0.2, 0) is 12.8 Å². The van der Waals surface area contributed by atoms with Gasteiger partial charge in [0.1, 0.15) is 24.3 Å². The first-order valence-corrected chi connectivity index (χ1v) is 12.4. The van der Waals surface area contributed by atoms with Crippen molar-refractivity contribution in [3.63, 3.8) is 0 Å². The molecule has 2 heterocycles. The molecule has 0 aliphatic carbocycles. The van der Waals surface area contributed by atoms with Gasteiger partial charge >= 0.3 is 0 Å². The molecule has 4 rings (SSSR count). The molecule has 7 N–H and O–H groups in total. The number of H-pyrrole nitrogens is 1. The summed E-state index contributed by atoms with van der Waals surface area (Å²) in [6, 6.07) is 17.9. The molecule has 1 atom stereocenters. The van der Waals surface area contributed by atoms with Gasteiger partial charge < -0.3 is 40.6 Å². The number of aromatic amines is 1. The van der Waals surface area contributed by atoms with Gasteiger partial charge in [-0.2, -0.15) is 0 Å². The molecule has 0 amide bonds. The zero-order valence-electron chi connectivity index (χ0n) is 21.8. The van der Waals surface area contributed by atoms with Crippen LogP contribution in [0, 0.1) is 0 Å². The number of aliphatic hydroxyl groups is 1. The van der Waals surface area contributed by atoms with Crippen LogP contribution in [0.1, 0.15) is 17.0 Å². The summed E-state index contributed by atoms with van der Waals surface area (Å²) in [6.07, 6.45) is 2.82. The predicted molar refractivity (Wildman–Crippen MR) is 167 cm³/mol. The molecular weight excluding hydrogens is 654 g/mol. The molecule has 0 saturated carbocycles. The van der Waals surface area contributed by atoms with Crippen molar-refractivity contribution in [1.82, 2.24) is 15.3 Å². The second-order valence-electron chi connectivity index (χ2n) is 8.15. The van der Waals surface area contributed by atoms with Crippen LogP contribution >= 0.6 is 45.3 Å². The fourth-order valence-corrected chi connectivity index (χ4v) is 4.39. The fourth-order valence-electron chi connectivity index (χ4n) is 3.70. The Kier molecular flexibility index (Phi) is 17.6. The molecule has 0 radical (unpaired) electrons. The minimum absolute atomic E-state index is 0. The number of nitrogens with zero attached hydrogens (tertiary/aromatic N) is 1. The van der Waals surface area contributed by atoms with Gasteiger partial charge in [-0.1, -0.05) is 24.3 Å². The Morgan fingerprint density at radius 1 is 0.974 bits per heavy atom. The maximum Gasteiger partial charge on any atom is 0.160 e. The summed E-state index contributed by atoms with van der Waals surface area (Å²) in [5.41, 5.74) is 3.32. The fraction of sp³-hybridized carbons (Fsp3) is 0.296. The molecule has 0 aliphatic rings. The number of aromatic nitrogens is 2. The molecule has 39 heavy (non-hydrogen) atoms. The molecule has 2 aromatic carbocycles. The average molecular weight is 691 g/mol. The Morgan fingerprint density at radius 3 is 2.36 bits per heavy atom. The van der Waals surface area contributed by atoms with E-state index in [1.165, 1.54) is 4.88 Å². The number of nitrogens with one attached hydrogen (secondary N) is 2. The summed E-state index contributed by atoms with van der Waals surface area (Å²) >= 11 is 1.69. The predicted octanol–water partition coefficient (Wildman–Crippen LogP) is 3.82. The van der Waals surface area contributed by atoms with E-state index in [9.17, 15) is 5.11 Å². The highest BCUT2D eigenvalue weighted by atomic mass is 79.9. The summed E-state index contributed by atoms with van der Waals surface area (Å²) in [6.45, 7) is 1.42. The van der Waals surface area contributed by atoms with Gasteiger partial charge in [0.15, 0.2) is 11.5 Å². The highest BCUT2D eigenvalue weighted by molar-refractivity contribution is 8.93. The van der Waals surface area contributed by atoms with E-state index >= 15 is 0 Å². The van der Waals surface area contributed by atoms with Crippen LogP contribution in [0.5, 0.6) is 17.2 Å². The number of imidazole rings is 1. The number of halogens is 2. The molecule has 0 bridgehead atoms. The smallest absolute Gasteiger partial charge is 0.160 e. The largest absolute Gasteiger partial charge is 0.493 e. The van der Waals surface area contributed by atoms with Crippen molar-refractivity contribution in [3.05, 3.63) is 83.1 Å². The summed E-state index contributed by atoms with van der Waals surface area (Å²) in [5, 5.41) is 15.6. The second kappa shape index (κ2) is 18.8. The molecule has 2 aromatic heterocycles. The molecule has 9 nitrogen and oxygen atoms in total. The van der Waals surface area contributed by atoms with Gasteiger partial charge in [0.25, 0.3) is 0 Å². The number of ether oxygens (including phenoxy) is 3. The minimum atomic E-state index is -0.598. The van der Waals surface area contributed by atoms with Crippen LogP contribution in [0.2, 0.25) is 0 Å². The number of methoxy groups -OCH3 is 2. The van der Waals surface area contributed by atoms with Crippen molar-refractivity contribution >= 4 is 45.3 Å². The highest BCUT2D eigenvalue weighted by Crippen LogP contribution is 2.27. The lowest BCUT2D eigenvalue weighted by Gasteiger charge is -2.14. The maximum absolute atomic E-state index is 10.3. The second-order valence-corrected chi connectivity index (χ2v) is 9.10. The van der Waals surface area contributed by atoms with E-state index in [1.54, 1.807) is 25.6 Å². The van der Waals surface area contributed by atoms with E-state index in [4.69, 9.17) is 14.2 Å². The maximum atomic E-state index is 10.3. The van der Waals surface area contributed by atoms with Crippen molar-refractivity contribution in [1.29, 1.82) is 0 Å². The lowest BCUT2D eigenvalue weighted by Crippen LogP contribution is -2.32. The van der Waals surface area contributed by atoms with Gasteiger partial charge in [-0.25, -0.2) is 4.98 Å². The van der Waals surface area contributed by atoms with Crippen molar-refractivity contribution in [2.45, 2.75) is 18.9 Å². The first kappa shape index (κ1) is 36.5. The van der Waals surface area contributed by atoms with Crippen LogP contribution in [0.15, 0.2) is 66.2 Å². The third-order valence-electron chi connectivity index (χ3n) is 5.57. The Morgan fingerprint density at radius 2 is 1.69 bits per heavy atom. The van der Waals surface area contributed by atoms with Gasteiger partial charge in [-0.3, -0.25) is 0 Å². The molecule has 4 aromatic rings. The lowest BCUT2D eigenvalue weighted by molar-refractivity contribution is 0.106. The van der Waals surface area contributed by atoms with E-state index in [2.05, 4.69) is 26.7 Å². The van der Waals surface area contributed by atoms with E-state index in [0.29, 0.717) is 12.3 Å². The number of hydrogen-bond donors (Lipinski definition) is 3. The van der Waals surface area contributed by atoms with Gasteiger partial charge in [-0.05, 0) is 59.8 Å². The molecule has 0 aliphatic heterocycles. The molecule has 0 spiro atoms. The zero-order valence-corrected chi connectivity index (χ0v) is 26.1. The lowest BCUT2D eigenvalue weighted by atomic mass is 10.1. The number of thiophene rings is 1. The number of aliphatic hydroxyl groups excluding tert-OH is 1. The van der Waals surface area contributed by atoms with E-state index < -0.39 is 6.10 Å². The Hall–Kier alpha value is -2.45. The van der Waals surface area contributed by atoms with Crippen LogP contribution in [0.3, 0.4) is 0 Å². The monoisotopic (exact) mass is 689 g/mol. The van der Waals surface area contributed by atoms with Crippen molar-refractivity contribution in [2.24, 2.45) is 0 Å². The average Bonchev–Trinajstić information content (AvgIpc) is 3.58. The van der Waals surface area contributed by atoms with E-state index in [0.717, 1.165) is 53.5 Å². The van der Waals surface area contributed by atoms with Gasteiger partial charge in [-0.15, -0.1) is 45.3 Å². The Balaban J connectivity index is 0.00000361. The summed E-state index contributed by atoms with van der Waals surface area (Å²) in [4.78, 5) is 9.05. The van der Waals surface area contributed by atoms with E-state index in [-0.39, 0.29) is 51.5 Å². The molecule has 0 saturated heterocycles. The number of hydrogen-bond acceptors (Lipinski definition) is 7. The SMILES string of the molecule is Br.Br.COc1ccc(CCNC[C@H](O)COc2ccc(Cc3ncc(-c4cccs4)[nH]3)cc2)cc1OC.O.O. The molecule has 0 unspecified atom stereocenters. The third kappa shape index (κ3) is 10.9. The van der Waals surface area contributed by atoms with Crippen LogP contribution < -0.4 is 19.5 Å². The van der Waals surface area contributed by atoms with Gasteiger partial charge in [0.05, 0.1) is 31.0 Å². The van der Waals surface area contributed by atoms with Crippen molar-refractivity contribution in [2.75, 3.05) is 33.9 Å². The van der Waals surface area contributed by atoms with E-state index in [1.807, 2.05) is 54.7 Å². The first-order valence-electron chi connectivity index (χ1n) is 11.5. The highest BCUT2D eigenvalue weighted by Gasteiger charge is 2.08. The quantitative estimate of drug-likeness (QED) is 0.182. The molecular formula is C27H37Br2N3O6S. The Labute approximate surface area is 253 Å². The van der Waals surface area contributed by atoms with Gasteiger partial charge in [0, 0.05) is 13.0 Å². The van der Waals surface area contributed by atoms with Crippen LogP contribution in [0.25, 0.3) is 10.6 Å². The topological polar surface area (TPSA) is 152 Å². The molecule has 0 fully saturated rings. The summed E-state index contributed by atoms with van der Waals surface area (Å²) < 4.78 is 16.4. The van der Waals surface area contributed by atoms with Gasteiger partial charge in [0.2, 0.25) is 0 Å². The van der Waals surface area contributed by atoms with Crippen molar-refractivity contribution < 1.29 is 30.3 Å².